The quantitative estimate of drug-likeness (QED) is 0.648. The van der Waals surface area contributed by atoms with E-state index in [1.54, 1.807) is 0 Å². The smallest absolute Gasteiger partial charge is 0.0628 e. The lowest BCUT2D eigenvalue weighted by Gasteiger charge is -2.37. The van der Waals surface area contributed by atoms with Crippen LogP contribution in [0.1, 0.15) is 32.6 Å². The average Bonchev–Trinajstić information content (AvgIpc) is 3.13. The van der Waals surface area contributed by atoms with Gasteiger partial charge in [0.25, 0.3) is 0 Å². The Hall–Kier alpha value is -0.160. The van der Waals surface area contributed by atoms with Gasteiger partial charge in [-0.2, -0.15) is 0 Å². The molecule has 4 nitrogen and oxygen atoms in total. The summed E-state index contributed by atoms with van der Waals surface area (Å²) < 4.78 is 0. The van der Waals surface area contributed by atoms with E-state index in [2.05, 4.69) is 29.1 Å². The summed E-state index contributed by atoms with van der Waals surface area (Å²) in [5.74, 6) is 0.673. The van der Waals surface area contributed by atoms with Crippen molar-refractivity contribution in [2.75, 3.05) is 52.9 Å². The maximum Gasteiger partial charge on any atom is 0.0628 e. The number of likely N-dealkylation sites (N-methyl/N-ethyl adjacent to an activating group) is 2. The van der Waals surface area contributed by atoms with Gasteiger partial charge in [0, 0.05) is 19.6 Å². The summed E-state index contributed by atoms with van der Waals surface area (Å²) in [7, 11) is 2.19. The Morgan fingerprint density at radius 1 is 1.32 bits per heavy atom. The number of nitrogens with one attached hydrogen (secondary N) is 1. The van der Waals surface area contributed by atoms with E-state index in [-0.39, 0.29) is 12.1 Å². The normalized spacial score (nSPS) is 24.0. The topological polar surface area (TPSA) is 38.7 Å². The molecule has 1 heterocycles. The first-order valence-electron chi connectivity index (χ1n) is 7.97. The molecule has 1 aliphatic carbocycles. The van der Waals surface area contributed by atoms with Crippen molar-refractivity contribution in [2.24, 2.45) is 5.92 Å². The monoisotopic (exact) mass is 269 g/mol. The summed E-state index contributed by atoms with van der Waals surface area (Å²) in [4.78, 5) is 4.96. The fourth-order valence-corrected chi connectivity index (χ4v) is 3.43. The number of hydrogen-bond acceptors (Lipinski definition) is 4. The lowest BCUT2D eigenvalue weighted by molar-refractivity contribution is 0.0984. The van der Waals surface area contributed by atoms with Gasteiger partial charge in [-0.3, -0.25) is 0 Å². The van der Waals surface area contributed by atoms with Crippen molar-refractivity contribution in [3.8, 4) is 0 Å². The number of nitrogens with zero attached hydrogens (tertiary/aromatic N) is 2. The number of likely N-dealkylation sites (tertiary alicyclic amines) is 1. The van der Waals surface area contributed by atoms with Crippen molar-refractivity contribution >= 4 is 0 Å². The van der Waals surface area contributed by atoms with Crippen molar-refractivity contribution in [1.29, 1.82) is 0 Å². The Labute approximate surface area is 118 Å². The van der Waals surface area contributed by atoms with E-state index in [1.807, 2.05) is 0 Å². The molecule has 112 valence electrons. The minimum absolute atomic E-state index is 0.0610. The minimum Gasteiger partial charge on any atom is -0.394 e. The van der Waals surface area contributed by atoms with Gasteiger partial charge in [-0.15, -0.1) is 0 Å². The molecule has 4 heteroatoms. The molecule has 0 aromatic heterocycles. The highest BCUT2D eigenvalue weighted by Crippen LogP contribution is 2.39. The number of aliphatic hydroxyl groups is 1. The van der Waals surface area contributed by atoms with Gasteiger partial charge in [0.2, 0.25) is 0 Å². The van der Waals surface area contributed by atoms with Gasteiger partial charge in [-0.25, -0.2) is 0 Å². The fourth-order valence-electron chi connectivity index (χ4n) is 3.43. The molecule has 1 saturated carbocycles. The second-order valence-electron chi connectivity index (χ2n) is 6.41. The molecule has 1 atom stereocenters. The molecule has 19 heavy (non-hydrogen) atoms. The van der Waals surface area contributed by atoms with Crippen molar-refractivity contribution in [3.05, 3.63) is 0 Å². The van der Waals surface area contributed by atoms with Crippen LogP contribution < -0.4 is 5.32 Å². The van der Waals surface area contributed by atoms with Crippen LogP contribution in [0, 0.1) is 5.92 Å². The third kappa shape index (κ3) is 4.15. The van der Waals surface area contributed by atoms with Gasteiger partial charge < -0.3 is 20.2 Å². The zero-order valence-electron chi connectivity index (χ0n) is 12.7. The molecule has 0 aromatic carbocycles. The molecule has 2 aliphatic rings. The van der Waals surface area contributed by atoms with Crippen molar-refractivity contribution in [3.63, 3.8) is 0 Å². The molecule has 1 unspecified atom stereocenters. The Balaban J connectivity index is 1.78. The summed E-state index contributed by atoms with van der Waals surface area (Å²) in [5.41, 5.74) is -0.0610. The first kappa shape index (κ1) is 15.2. The van der Waals surface area contributed by atoms with Crippen LogP contribution in [0.4, 0.5) is 0 Å². The highest BCUT2D eigenvalue weighted by Gasteiger charge is 2.44. The van der Waals surface area contributed by atoms with Gasteiger partial charge in [-0.05, 0) is 58.3 Å². The molecule has 1 saturated heterocycles. The predicted molar refractivity (Wildman–Crippen MR) is 79.4 cm³/mol. The van der Waals surface area contributed by atoms with Gasteiger partial charge in [0.15, 0.2) is 0 Å². The van der Waals surface area contributed by atoms with Crippen molar-refractivity contribution in [2.45, 2.75) is 38.1 Å². The third-order valence-electron chi connectivity index (χ3n) is 4.72. The van der Waals surface area contributed by atoms with Gasteiger partial charge in [0.1, 0.15) is 0 Å². The van der Waals surface area contributed by atoms with E-state index >= 15 is 0 Å². The number of hydrogen-bond donors (Lipinski definition) is 2. The predicted octanol–water partition coefficient (Wildman–Crippen LogP) is 0.765. The lowest BCUT2D eigenvalue weighted by Crippen LogP contribution is -2.57. The SMILES string of the molecule is CCNC(CO)(CN(C)CCN1CCCC1)C1CC1. The summed E-state index contributed by atoms with van der Waals surface area (Å²) in [6, 6.07) is 0. The lowest BCUT2D eigenvalue weighted by atomic mass is 9.93. The molecule has 2 fully saturated rings. The largest absolute Gasteiger partial charge is 0.394 e. The maximum absolute atomic E-state index is 9.85. The zero-order chi connectivity index (χ0) is 13.7. The van der Waals surface area contributed by atoms with E-state index in [9.17, 15) is 5.11 Å². The van der Waals surface area contributed by atoms with Crippen LogP contribution in [-0.2, 0) is 0 Å². The van der Waals surface area contributed by atoms with Crippen LogP contribution in [0.3, 0.4) is 0 Å². The molecule has 0 bridgehead atoms. The molecule has 2 N–H and O–H groups in total. The van der Waals surface area contributed by atoms with Crippen molar-refractivity contribution in [1.82, 2.24) is 15.1 Å². The summed E-state index contributed by atoms with van der Waals surface area (Å²) in [6.07, 6.45) is 5.27. The van der Waals surface area contributed by atoms with Gasteiger partial charge >= 0.3 is 0 Å². The highest BCUT2D eigenvalue weighted by atomic mass is 16.3. The van der Waals surface area contributed by atoms with E-state index < -0.39 is 0 Å². The molecule has 0 amide bonds. The molecule has 0 spiro atoms. The first-order valence-corrected chi connectivity index (χ1v) is 7.97. The Kier molecular flexibility index (Phi) is 5.63. The molecular weight excluding hydrogens is 238 g/mol. The van der Waals surface area contributed by atoms with E-state index in [0.29, 0.717) is 5.92 Å². The van der Waals surface area contributed by atoms with E-state index in [0.717, 1.165) is 19.6 Å². The Bertz CT molecular complexity index is 264. The first-order chi connectivity index (χ1) is 9.20. The summed E-state index contributed by atoms with van der Waals surface area (Å²) in [5, 5.41) is 13.4. The number of rotatable bonds is 9. The number of aliphatic hydroxyl groups excluding tert-OH is 1. The van der Waals surface area contributed by atoms with Crippen LogP contribution >= 0.6 is 0 Å². The maximum atomic E-state index is 9.85. The Morgan fingerprint density at radius 3 is 2.53 bits per heavy atom. The van der Waals surface area contributed by atoms with Crippen LogP contribution in [0.15, 0.2) is 0 Å². The molecular formula is C15H31N3O. The molecule has 2 rings (SSSR count). The Morgan fingerprint density at radius 2 is 2.00 bits per heavy atom. The fraction of sp³-hybridized carbons (Fsp3) is 1.00. The van der Waals surface area contributed by atoms with Gasteiger partial charge in [0.05, 0.1) is 12.1 Å². The molecule has 0 aromatic rings. The van der Waals surface area contributed by atoms with E-state index in [1.165, 1.54) is 45.3 Å². The molecule has 1 aliphatic heterocycles. The second kappa shape index (κ2) is 7.02. The summed E-state index contributed by atoms with van der Waals surface area (Å²) in [6.45, 7) is 9.14. The molecule has 0 radical (unpaired) electrons. The highest BCUT2D eigenvalue weighted by molar-refractivity contribution is 5.02. The van der Waals surface area contributed by atoms with Crippen LogP contribution in [0.25, 0.3) is 0 Å². The van der Waals surface area contributed by atoms with Crippen LogP contribution in [-0.4, -0.2) is 73.4 Å². The minimum atomic E-state index is -0.0610. The van der Waals surface area contributed by atoms with Crippen molar-refractivity contribution < 1.29 is 5.11 Å². The average molecular weight is 269 g/mol. The third-order valence-corrected chi connectivity index (χ3v) is 4.72. The van der Waals surface area contributed by atoms with Crippen LogP contribution in [0.5, 0.6) is 0 Å². The standard InChI is InChI=1S/C15H31N3O/c1-3-16-15(13-19,14-6-7-14)12-17(2)10-11-18-8-4-5-9-18/h14,16,19H,3-13H2,1-2H3. The van der Waals surface area contributed by atoms with Crippen LogP contribution in [0.2, 0.25) is 0 Å². The summed E-state index contributed by atoms with van der Waals surface area (Å²) >= 11 is 0. The zero-order valence-corrected chi connectivity index (χ0v) is 12.7. The van der Waals surface area contributed by atoms with Gasteiger partial charge in [-0.1, -0.05) is 6.92 Å². The second-order valence-corrected chi connectivity index (χ2v) is 6.41. The van der Waals surface area contributed by atoms with E-state index in [4.69, 9.17) is 0 Å².